The molecule has 0 aliphatic carbocycles. The molecule has 0 aromatic carbocycles. The van der Waals surface area contributed by atoms with Crippen molar-refractivity contribution in [1.82, 2.24) is 0 Å². The van der Waals surface area contributed by atoms with Crippen LogP contribution in [0.25, 0.3) is 0 Å². The molecule has 0 bridgehead atoms. The van der Waals surface area contributed by atoms with Crippen LogP contribution in [0.5, 0.6) is 0 Å². The van der Waals surface area contributed by atoms with Gasteiger partial charge >= 0.3 is 36.2 Å². The monoisotopic (exact) mass is 86.0 g/mol. The van der Waals surface area contributed by atoms with Gasteiger partial charge in [0.05, 0.1) is 0 Å². The third-order valence-electron chi connectivity index (χ3n) is 0. The Morgan fingerprint density at radius 1 is 0.600 bits per heavy atom. The van der Waals surface area contributed by atoms with Gasteiger partial charge in [0.2, 0.25) is 0 Å². The first kappa shape index (κ1) is 148. The summed E-state index contributed by atoms with van der Waals surface area (Å²) in [5.41, 5.74) is 0. The molecule has 0 atom stereocenters. The number of hydrogen-bond acceptors (Lipinski definition) is 3. The first-order chi connectivity index (χ1) is 0. The van der Waals surface area contributed by atoms with E-state index >= 15 is 0 Å². The zero-order valence-corrected chi connectivity index (χ0v) is 3.07. The summed E-state index contributed by atoms with van der Waals surface area (Å²) in [4.78, 5) is 0. The Bertz CT molecular complexity index is 6.85. The van der Waals surface area contributed by atoms with Crippen molar-refractivity contribution in [2.24, 2.45) is 0 Å². The Hall–Kier alpha value is 1.01. The van der Waals surface area contributed by atoms with Gasteiger partial charge in [0.25, 0.3) is 0 Å². The van der Waals surface area contributed by atoms with E-state index in [2.05, 4.69) is 0 Å². The smallest absolute Gasteiger partial charge is 0.870 e. The van der Waals surface area contributed by atoms with Crippen LogP contribution in [0.3, 0.4) is 0 Å². The Morgan fingerprint density at radius 2 is 0.600 bits per heavy atom. The molecule has 0 aromatic heterocycles. The van der Waals surface area contributed by atoms with E-state index in [1.54, 1.807) is 0 Å². The number of hydrogen-bond donors (Lipinski definition) is 0. The Morgan fingerprint density at radius 3 is 0.600 bits per heavy atom. The Balaban J connectivity index is 0. The summed E-state index contributed by atoms with van der Waals surface area (Å²) in [6, 6.07) is 0. The van der Waals surface area contributed by atoms with Crippen molar-refractivity contribution in [2.45, 2.75) is 0 Å². The molecule has 0 saturated carbocycles. The fraction of sp³-hybridized carbons (Fsp3) is 0. The second-order valence-electron chi connectivity index (χ2n) is 0. The van der Waals surface area contributed by atoms with Crippen LogP contribution in [0.1, 0.15) is 0 Å². The zero-order chi connectivity index (χ0) is 0. The van der Waals surface area contributed by atoms with Crippen LogP contribution in [0.4, 0.5) is 0 Å². The molecular weight excluding hydrogens is 81.9 g/mol. The summed E-state index contributed by atoms with van der Waals surface area (Å²) < 4.78 is 0. The summed E-state index contributed by atoms with van der Waals surface area (Å²) in [5.74, 6) is 0. The second kappa shape index (κ2) is 79.0. The van der Waals surface area contributed by atoms with Crippen LogP contribution in [-0.4, -0.2) is 52.7 Å². The molecule has 3 N–H and O–H groups in total. The Labute approximate surface area is 53.0 Å². The van der Waals surface area contributed by atoms with Crippen molar-refractivity contribution in [3.63, 3.8) is 0 Å². The van der Waals surface area contributed by atoms with Gasteiger partial charge in [-0.3, -0.25) is 0 Å². The predicted octanol–water partition coefficient (Wildman–Crippen LogP) is -1.56. The van der Waals surface area contributed by atoms with Gasteiger partial charge in [0.15, 0.2) is 0 Å². The van der Waals surface area contributed by atoms with E-state index in [0.717, 1.165) is 0 Å². The first-order valence-corrected chi connectivity index (χ1v) is 0. The van der Waals surface area contributed by atoms with Crippen molar-refractivity contribution in [1.29, 1.82) is 0 Å². The Kier molecular flexibility index (Phi) is 2340. The van der Waals surface area contributed by atoms with E-state index in [0.29, 0.717) is 0 Å². The topological polar surface area (TPSA) is 90.0 Å². The molecule has 0 fully saturated rings. The molecule has 0 heterocycles. The summed E-state index contributed by atoms with van der Waals surface area (Å²) in [5, 5.41) is 0. The molecule has 0 amide bonds. The maximum atomic E-state index is 0. The van der Waals surface area contributed by atoms with Crippen molar-refractivity contribution in [3.8, 4) is 0 Å². The van der Waals surface area contributed by atoms with E-state index in [9.17, 15) is 0 Å². The molecule has 0 aliphatic rings. The molecule has 0 saturated heterocycles. The van der Waals surface area contributed by atoms with Crippen LogP contribution < -0.4 is 0 Å². The normalized spacial score (nSPS) is 0. The molecule has 5 heteroatoms. The third-order valence-corrected chi connectivity index (χ3v) is 0. The quantitative estimate of drug-likeness (QED) is 0.334. The minimum Gasteiger partial charge on any atom is -0.870 e. The molecule has 0 unspecified atom stereocenters. The van der Waals surface area contributed by atoms with Crippen molar-refractivity contribution in [3.05, 3.63) is 0 Å². The minimum absolute atomic E-state index is 0. The summed E-state index contributed by atoms with van der Waals surface area (Å²) >= 11 is 0. The summed E-state index contributed by atoms with van der Waals surface area (Å²) in [6.07, 6.45) is 0. The molecule has 5 heavy (non-hydrogen) atoms. The van der Waals surface area contributed by atoms with Crippen LogP contribution in [0.2, 0.25) is 0 Å². The second-order valence-corrected chi connectivity index (χ2v) is 0. The third kappa shape index (κ3) is 44.5. The standard InChI is InChI=1S/Al.Li.3H2O.H/h;;3*1H2;/q+3;;;;;/p-3. The predicted molar refractivity (Wildman–Crippen MR) is 18.7 cm³/mol. The van der Waals surface area contributed by atoms with E-state index in [1.165, 1.54) is 0 Å². The van der Waals surface area contributed by atoms with E-state index in [-0.39, 0.29) is 52.7 Å². The van der Waals surface area contributed by atoms with Gasteiger partial charge in [-0.05, 0) is 0 Å². The molecule has 0 radical (unpaired) electrons. The van der Waals surface area contributed by atoms with Crippen molar-refractivity contribution < 1.29 is 16.4 Å². The van der Waals surface area contributed by atoms with Crippen molar-refractivity contribution >= 4 is 36.2 Å². The van der Waals surface area contributed by atoms with Gasteiger partial charge in [-0.1, -0.05) is 0 Å². The summed E-state index contributed by atoms with van der Waals surface area (Å²) in [6.45, 7) is 0. The first-order valence-electron chi connectivity index (χ1n) is 0. The van der Waals surface area contributed by atoms with Crippen molar-refractivity contribution in [2.75, 3.05) is 0 Å². The fourth-order valence-corrected chi connectivity index (χ4v) is 0. The van der Waals surface area contributed by atoms with Gasteiger partial charge in [-0.25, -0.2) is 0 Å². The average Bonchev–Trinajstić information content (AvgIpc) is 0. The fourth-order valence-electron chi connectivity index (χ4n) is 0. The van der Waals surface area contributed by atoms with Gasteiger partial charge in [0, 0.05) is 0 Å². The van der Waals surface area contributed by atoms with Crippen LogP contribution in [-0.2, 0) is 0 Å². The van der Waals surface area contributed by atoms with Gasteiger partial charge in [-0.15, -0.1) is 0 Å². The van der Waals surface area contributed by atoms with Gasteiger partial charge < -0.3 is 16.4 Å². The van der Waals surface area contributed by atoms with Crippen LogP contribution >= 0.6 is 0 Å². The van der Waals surface area contributed by atoms with Gasteiger partial charge in [0.1, 0.15) is 0 Å². The van der Waals surface area contributed by atoms with Crippen LogP contribution in [0, 0.1) is 0 Å². The SMILES string of the molecule is [Al+3].[LiH].[OH-].[OH-].[OH-]. The van der Waals surface area contributed by atoms with Gasteiger partial charge in [-0.2, -0.15) is 0 Å². The molecule has 26 valence electrons. The van der Waals surface area contributed by atoms with E-state index in [4.69, 9.17) is 0 Å². The largest absolute Gasteiger partial charge is 0.870 e. The number of rotatable bonds is 0. The zero-order valence-electron chi connectivity index (χ0n) is 1.92. The molecule has 0 spiro atoms. The molecule has 0 aromatic rings. The average molecular weight is 86.0 g/mol. The van der Waals surface area contributed by atoms with E-state index in [1.807, 2.05) is 0 Å². The molecular formula is H4AlLiO3. The minimum atomic E-state index is 0. The molecule has 0 rings (SSSR count). The molecule has 3 nitrogen and oxygen atoms in total. The summed E-state index contributed by atoms with van der Waals surface area (Å²) in [7, 11) is 0. The molecule has 0 aliphatic heterocycles. The maximum Gasteiger partial charge on any atom is -0.870 e. The van der Waals surface area contributed by atoms with E-state index < -0.39 is 0 Å². The maximum absolute atomic E-state index is 0. The van der Waals surface area contributed by atoms with Crippen LogP contribution in [0.15, 0.2) is 0 Å².